The molecule has 2 aromatic rings. The first-order valence-electron chi connectivity index (χ1n) is 6.53. The molecule has 20 heavy (non-hydrogen) atoms. The molecule has 0 bridgehead atoms. The van der Waals surface area contributed by atoms with Crippen molar-refractivity contribution in [2.75, 3.05) is 0 Å². The van der Waals surface area contributed by atoms with Crippen molar-refractivity contribution in [3.63, 3.8) is 0 Å². The van der Waals surface area contributed by atoms with E-state index in [1.807, 2.05) is 13.8 Å². The van der Waals surface area contributed by atoms with Gasteiger partial charge in [0, 0.05) is 22.5 Å². The normalized spacial score (nSPS) is 14.2. The van der Waals surface area contributed by atoms with E-state index in [1.165, 1.54) is 0 Å². The second-order valence-corrected chi connectivity index (χ2v) is 5.60. The van der Waals surface area contributed by atoms with Crippen LogP contribution < -0.4 is 5.73 Å². The van der Waals surface area contributed by atoms with Gasteiger partial charge < -0.3 is 10.3 Å². The van der Waals surface area contributed by atoms with Crippen molar-refractivity contribution in [3.8, 4) is 0 Å². The lowest BCUT2D eigenvalue weighted by Gasteiger charge is -2.13. The van der Waals surface area contributed by atoms with Gasteiger partial charge in [-0.05, 0) is 24.1 Å². The molecule has 0 amide bonds. The summed E-state index contributed by atoms with van der Waals surface area (Å²) in [5, 5.41) is 5.17. The standard InChI is InChI=1S/C14H17Cl2N3O/c1-3-12(17)8(2)14-18-13(19-20-14)7-9-10(15)5-4-6-11(9)16/h4-6,8,12H,3,7,17H2,1-2H3. The number of halogens is 2. The van der Waals surface area contributed by atoms with E-state index in [1.54, 1.807) is 18.2 Å². The molecule has 1 aromatic carbocycles. The molecule has 1 aromatic heterocycles. The lowest BCUT2D eigenvalue weighted by molar-refractivity contribution is 0.337. The van der Waals surface area contributed by atoms with Crippen LogP contribution in [0.25, 0.3) is 0 Å². The molecule has 2 N–H and O–H groups in total. The number of benzene rings is 1. The molecule has 0 saturated carbocycles. The Morgan fingerprint density at radius 3 is 2.55 bits per heavy atom. The Balaban J connectivity index is 2.18. The van der Waals surface area contributed by atoms with Crippen LogP contribution in [0.1, 0.15) is 43.5 Å². The summed E-state index contributed by atoms with van der Waals surface area (Å²) < 4.78 is 5.27. The van der Waals surface area contributed by atoms with Crippen LogP contribution in [-0.2, 0) is 6.42 Å². The molecule has 0 fully saturated rings. The molecule has 1 heterocycles. The number of hydrogen-bond donors (Lipinski definition) is 1. The maximum atomic E-state index is 6.13. The van der Waals surface area contributed by atoms with Crippen LogP contribution in [0, 0.1) is 0 Å². The van der Waals surface area contributed by atoms with E-state index in [9.17, 15) is 0 Å². The highest BCUT2D eigenvalue weighted by atomic mass is 35.5. The van der Waals surface area contributed by atoms with Gasteiger partial charge in [0.2, 0.25) is 5.89 Å². The first-order chi connectivity index (χ1) is 9.52. The Labute approximate surface area is 128 Å². The molecule has 108 valence electrons. The van der Waals surface area contributed by atoms with Crippen molar-refractivity contribution >= 4 is 23.2 Å². The average Bonchev–Trinajstić information content (AvgIpc) is 2.90. The van der Waals surface area contributed by atoms with Gasteiger partial charge in [0.25, 0.3) is 0 Å². The van der Waals surface area contributed by atoms with Gasteiger partial charge in [-0.1, -0.05) is 48.3 Å². The Hall–Kier alpha value is -1.10. The largest absolute Gasteiger partial charge is 0.339 e. The predicted octanol–water partition coefficient (Wildman–Crippen LogP) is 3.81. The second kappa shape index (κ2) is 6.57. The van der Waals surface area contributed by atoms with Gasteiger partial charge in [-0.15, -0.1) is 0 Å². The monoisotopic (exact) mass is 313 g/mol. The molecule has 0 radical (unpaired) electrons. The van der Waals surface area contributed by atoms with E-state index in [0.29, 0.717) is 28.2 Å². The fourth-order valence-corrected chi connectivity index (χ4v) is 2.45. The summed E-state index contributed by atoms with van der Waals surface area (Å²) >= 11 is 12.3. The van der Waals surface area contributed by atoms with E-state index in [2.05, 4.69) is 10.1 Å². The summed E-state index contributed by atoms with van der Waals surface area (Å²) in [5.74, 6) is 1.14. The van der Waals surface area contributed by atoms with E-state index in [-0.39, 0.29) is 12.0 Å². The molecule has 0 saturated heterocycles. The lowest BCUT2D eigenvalue weighted by Crippen LogP contribution is -2.25. The van der Waals surface area contributed by atoms with E-state index in [0.717, 1.165) is 12.0 Å². The number of nitrogens with two attached hydrogens (primary N) is 1. The van der Waals surface area contributed by atoms with Gasteiger partial charge in [-0.2, -0.15) is 4.98 Å². The first-order valence-corrected chi connectivity index (χ1v) is 7.29. The van der Waals surface area contributed by atoms with Gasteiger partial charge in [-0.3, -0.25) is 0 Å². The molecule has 0 aliphatic rings. The zero-order valence-electron chi connectivity index (χ0n) is 11.4. The van der Waals surface area contributed by atoms with Crippen LogP contribution in [0.3, 0.4) is 0 Å². The van der Waals surface area contributed by atoms with Crippen molar-refractivity contribution in [1.29, 1.82) is 0 Å². The molecule has 0 aliphatic heterocycles. The van der Waals surface area contributed by atoms with E-state index < -0.39 is 0 Å². The quantitative estimate of drug-likeness (QED) is 0.911. The highest BCUT2D eigenvalue weighted by Crippen LogP contribution is 2.26. The Kier molecular flexibility index (Phi) is 5.02. The summed E-state index contributed by atoms with van der Waals surface area (Å²) in [6.45, 7) is 4.01. The maximum Gasteiger partial charge on any atom is 0.231 e. The molecular weight excluding hydrogens is 297 g/mol. The Bertz CT molecular complexity index is 565. The summed E-state index contributed by atoms with van der Waals surface area (Å²) in [6, 6.07) is 5.39. The van der Waals surface area contributed by atoms with Crippen LogP contribution in [0.4, 0.5) is 0 Å². The smallest absolute Gasteiger partial charge is 0.231 e. The average molecular weight is 314 g/mol. The lowest BCUT2D eigenvalue weighted by atomic mass is 10.0. The maximum absolute atomic E-state index is 6.13. The van der Waals surface area contributed by atoms with E-state index >= 15 is 0 Å². The molecule has 0 aliphatic carbocycles. The van der Waals surface area contributed by atoms with Gasteiger partial charge in [-0.25, -0.2) is 0 Å². The summed E-state index contributed by atoms with van der Waals surface area (Å²) in [7, 11) is 0. The highest BCUT2D eigenvalue weighted by molar-refractivity contribution is 6.36. The van der Waals surface area contributed by atoms with Crippen molar-refractivity contribution in [2.24, 2.45) is 5.73 Å². The molecule has 6 heteroatoms. The summed E-state index contributed by atoms with van der Waals surface area (Å²) in [4.78, 5) is 4.38. The van der Waals surface area contributed by atoms with Crippen molar-refractivity contribution in [3.05, 3.63) is 45.5 Å². The molecule has 2 rings (SSSR count). The molecule has 2 unspecified atom stereocenters. The zero-order chi connectivity index (χ0) is 14.7. The number of rotatable bonds is 5. The number of hydrogen-bond acceptors (Lipinski definition) is 4. The molecule has 4 nitrogen and oxygen atoms in total. The van der Waals surface area contributed by atoms with Crippen LogP contribution in [-0.4, -0.2) is 16.2 Å². The molecule has 0 spiro atoms. The summed E-state index contributed by atoms with van der Waals surface area (Å²) in [5.41, 5.74) is 6.79. The number of aromatic nitrogens is 2. The minimum Gasteiger partial charge on any atom is -0.339 e. The van der Waals surface area contributed by atoms with Crippen molar-refractivity contribution in [1.82, 2.24) is 10.1 Å². The highest BCUT2D eigenvalue weighted by Gasteiger charge is 2.20. The van der Waals surface area contributed by atoms with Crippen LogP contribution in [0.15, 0.2) is 22.7 Å². The topological polar surface area (TPSA) is 64.9 Å². The van der Waals surface area contributed by atoms with Crippen LogP contribution in [0.5, 0.6) is 0 Å². The van der Waals surface area contributed by atoms with Gasteiger partial charge >= 0.3 is 0 Å². The minimum atomic E-state index is 0.00667. The fraction of sp³-hybridized carbons (Fsp3) is 0.429. The molecular formula is C14H17Cl2N3O. The Morgan fingerprint density at radius 2 is 1.95 bits per heavy atom. The van der Waals surface area contributed by atoms with Crippen LogP contribution in [0.2, 0.25) is 10.0 Å². The van der Waals surface area contributed by atoms with Gasteiger partial charge in [0.05, 0.1) is 5.92 Å². The third kappa shape index (κ3) is 3.32. The predicted molar refractivity (Wildman–Crippen MR) is 80.2 cm³/mol. The van der Waals surface area contributed by atoms with Crippen LogP contribution >= 0.6 is 23.2 Å². The van der Waals surface area contributed by atoms with Crippen molar-refractivity contribution in [2.45, 2.75) is 38.6 Å². The SMILES string of the molecule is CCC(N)C(C)c1nc(Cc2c(Cl)cccc2Cl)no1. The zero-order valence-corrected chi connectivity index (χ0v) is 12.9. The third-order valence-corrected chi connectivity index (χ3v) is 4.09. The minimum absolute atomic E-state index is 0.00667. The number of nitrogens with zero attached hydrogens (tertiary/aromatic N) is 2. The fourth-order valence-electron chi connectivity index (χ4n) is 1.92. The first kappa shape index (κ1) is 15.3. The summed E-state index contributed by atoms with van der Waals surface area (Å²) in [6.07, 6.45) is 1.30. The Morgan fingerprint density at radius 1 is 1.30 bits per heavy atom. The van der Waals surface area contributed by atoms with Gasteiger partial charge in [0.1, 0.15) is 0 Å². The van der Waals surface area contributed by atoms with Gasteiger partial charge in [0.15, 0.2) is 5.82 Å². The van der Waals surface area contributed by atoms with Crippen molar-refractivity contribution < 1.29 is 4.52 Å². The molecule has 2 atom stereocenters. The third-order valence-electron chi connectivity index (χ3n) is 3.38. The second-order valence-electron chi connectivity index (χ2n) is 4.79. The van der Waals surface area contributed by atoms with E-state index in [4.69, 9.17) is 33.5 Å².